The molecule has 0 aromatic carbocycles. The van der Waals surface area contributed by atoms with Gasteiger partial charge in [0.1, 0.15) is 0 Å². The molecule has 0 atom stereocenters. The van der Waals surface area contributed by atoms with Crippen molar-refractivity contribution in [3.63, 3.8) is 0 Å². The Bertz CT molecular complexity index is 451. The molecule has 2 rings (SSSR count). The van der Waals surface area contributed by atoms with Crippen LogP contribution in [0.2, 0.25) is 0 Å². The van der Waals surface area contributed by atoms with E-state index in [9.17, 15) is 0 Å². The summed E-state index contributed by atoms with van der Waals surface area (Å²) < 4.78 is 5.77. The molecule has 112 valence electrons. The Labute approximate surface area is 122 Å². The third-order valence-corrected chi connectivity index (χ3v) is 3.39. The van der Waals surface area contributed by atoms with Crippen LogP contribution in [0.15, 0.2) is 18.3 Å². The van der Waals surface area contributed by atoms with Crippen molar-refractivity contribution in [2.24, 2.45) is 0 Å². The third-order valence-electron chi connectivity index (χ3n) is 3.39. The SMILES string of the molecule is CC(C)(C)NCc1cc(N2CCOC(C)(C)C2)ccn1. The van der Waals surface area contributed by atoms with Gasteiger partial charge in [-0.2, -0.15) is 0 Å². The van der Waals surface area contributed by atoms with Gasteiger partial charge in [-0.3, -0.25) is 4.98 Å². The van der Waals surface area contributed by atoms with Crippen molar-refractivity contribution < 1.29 is 4.74 Å². The monoisotopic (exact) mass is 277 g/mol. The van der Waals surface area contributed by atoms with Gasteiger partial charge in [0.2, 0.25) is 0 Å². The highest BCUT2D eigenvalue weighted by molar-refractivity contribution is 5.47. The Morgan fingerprint density at radius 2 is 2.15 bits per heavy atom. The van der Waals surface area contributed by atoms with Crippen LogP contribution in [0.25, 0.3) is 0 Å². The maximum atomic E-state index is 5.77. The van der Waals surface area contributed by atoms with Gasteiger partial charge in [0.05, 0.1) is 17.9 Å². The quantitative estimate of drug-likeness (QED) is 0.921. The minimum Gasteiger partial charge on any atom is -0.372 e. The van der Waals surface area contributed by atoms with Crippen molar-refractivity contribution in [1.82, 2.24) is 10.3 Å². The van der Waals surface area contributed by atoms with Crippen LogP contribution in [0.3, 0.4) is 0 Å². The highest BCUT2D eigenvalue weighted by Crippen LogP contribution is 2.23. The first-order valence-corrected chi connectivity index (χ1v) is 7.34. The standard InChI is InChI=1S/C16H27N3O/c1-15(2,3)18-11-13-10-14(6-7-17-13)19-8-9-20-16(4,5)12-19/h6-7,10,18H,8-9,11-12H2,1-5H3. The first-order chi connectivity index (χ1) is 9.25. The van der Waals surface area contributed by atoms with Crippen LogP contribution >= 0.6 is 0 Å². The lowest BCUT2D eigenvalue weighted by molar-refractivity contribution is -0.0277. The maximum Gasteiger partial charge on any atom is 0.0801 e. The molecular formula is C16H27N3O. The molecule has 1 fully saturated rings. The fourth-order valence-corrected chi connectivity index (χ4v) is 2.35. The van der Waals surface area contributed by atoms with Crippen molar-refractivity contribution in [1.29, 1.82) is 0 Å². The molecule has 0 spiro atoms. The summed E-state index contributed by atoms with van der Waals surface area (Å²) in [5.74, 6) is 0. The largest absolute Gasteiger partial charge is 0.372 e. The summed E-state index contributed by atoms with van der Waals surface area (Å²) in [7, 11) is 0. The van der Waals surface area contributed by atoms with Crippen molar-refractivity contribution >= 4 is 5.69 Å². The molecule has 0 radical (unpaired) electrons. The molecule has 0 bridgehead atoms. The molecule has 1 aliphatic heterocycles. The van der Waals surface area contributed by atoms with Crippen LogP contribution in [0, 0.1) is 0 Å². The average molecular weight is 277 g/mol. The van der Waals surface area contributed by atoms with Gasteiger partial charge in [-0.15, -0.1) is 0 Å². The zero-order valence-electron chi connectivity index (χ0n) is 13.4. The van der Waals surface area contributed by atoms with E-state index < -0.39 is 0 Å². The zero-order chi connectivity index (χ0) is 14.8. The molecule has 4 heteroatoms. The summed E-state index contributed by atoms with van der Waals surface area (Å²) in [6, 6.07) is 4.27. The minimum absolute atomic E-state index is 0.0780. The van der Waals surface area contributed by atoms with E-state index in [1.807, 2.05) is 6.20 Å². The number of rotatable bonds is 3. The Hall–Kier alpha value is -1.13. The van der Waals surface area contributed by atoms with E-state index in [-0.39, 0.29) is 11.1 Å². The summed E-state index contributed by atoms with van der Waals surface area (Å²) in [5, 5.41) is 3.48. The summed E-state index contributed by atoms with van der Waals surface area (Å²) in [6.07, 6.45) is 1.90. The van der Waals surface area contributed by atoms with Crippen molar-refractivity contribution in [2.45, 2.75) is 52.3 Å². The van der Waals surface area contributed by atoms with Gasteiger partial charge in [-0.1, -0.05) is 0 Å². The van der Waals surface area contributed by atoms with Crippen molar-refractivity contribution in [3.05, 3.63) is 24.0 Å². The summed E-state index contributed by atoms with van der Waals surface area (Å²) >= 11 is 0. The highest BCUT2D eigenvalue weighted by Gasteiger charge is 2.27. The molecule has 1 saturated heterocycles. The van der Waals surface area contributed by atoms with Crippen LogP contribution in [0.4, 0.5) is 5.69 Å². The fourth-order valence-electron chi connectivity index (χ4n) is 2.35. The molecule has 20 heavy (non-hydrogen) atoms. The van der Waals surface area contributed by atoms with Gasteiger partial charge in [0.15, 0.2) is 0 Å². The predicted octanol–water partition coefficient (Wildman–Crippen LogP) is 2.58. The molecule has 1 aromatic heterocycles. The lowest BCUT2D eigenvalue weighted by atomic mass is 10.1. The molecule has 0 saturated carbocycles. The average Bonchev–Trinajstić information content (AvgIpc) is 2.35. The number of pyridine rings is 1. The Morgan fingerprint density at radius 3 is 2.80 bits per heavy atom. The molecule has 1 aromatic rings. The van der Waals surface area contributed by atoms with E-state index in [4.69, 9.17) is 4.74 Å². The normalized spacial score (nSPS) is 19.1. The fraction of sp³-hybridized carbons (Fsp3) is 0.688. The van der Waals surface area contributed by atoms with Gasteiger partial charge in [-0.05, 0) is 46.8 Å². The first kappa shape index (κ1) is 15.3. The van der Waals surface area contributed by atoms with Crippen LogP contribution in [0.5, 0.6) is 0 Å². The van der Waals surface area contributed by atoms with E-state index in [2.05, 4.69) is 62.0 Å². The Morgan fingerprint density at radius 1 is 1.40 bits per heavy atom. The molecule has 0 amide bonds. The molecule has 2 heterocycles. The molecule has 1 aliphatic rings. The van der Waals surface area contributed by atoms with Gasteiger partial charge < -0.3 is 15.0 Å². The van der Waals surface area contributed by atoms with Gasteiger partial charge >= 0.3 is 0 Å². The molecule has 1 N–H and O–H groups in total. The Kier molecular flexibility index (Phi) is 4.35. The number of hydrogen-bond donors (Lipinski definition) is 1. The number of nitrogens with zero attached hydrogens (tertiary/aromatic N) is 2. The third kappa shape index (κ3) is 4.46. The van der Waals surface area contributed by atoms with E-state index in [1.165, 1.54) is 5.69 Å². The number of hydrogen-bond acceptors (Lipinski definition) is 4. The van der Waals surface area contributed by atoms with Crippen molar-refractivity contribution in [3.8, 4) is 0 Å². The van der Waals surface area contributed by atoms with E-state index in [1.54, 1.807) is 0 Å². The topological polar surface area (TPSA) is 37.4 Å². The smallest absolute Gasteiger partial charge is 0.0801 e. The summed E-state index contributed by atoms with van der Waals surface area (Å²) in [4.78, 5) is 6.83. The number of morpholine rings is 1. The van der Waals surface area contributed by atoms with E-state index in [0.29, 0.717) is 0 Å². The van der Waals surface area contributed by atoms with E-state index >= 15 is 0 Å². The second-order valence-corrected chi connectivity index (χ2v) is 7.14. The lowest BCUT2D eigenvalue weighted by Crippen LogP contribution is -2.48. The summed E-state index contributed by atoms with van der Waals surface area (Å²) in [5.41, 5.74) is 2.35. The minimum atomic E-state index is -0.0780. The van der Waals surface area contributed by atoms with Crippen molar-refractivity contribution in [2.75, 3.05) is 24.6 Å². The number of aromatic nitrogens is 1. The molecular weight excluding hydrogens is 250 g/mol. The second kappa shape index (κ2) is 5.70. The maximum absolute atomic E-state index is 5.77. The van der Waals surface area contributed by atoms with Gasteiger partial charge in [0, 0.05) is 37.1 Å². The van der Waals surface area contributed by atoms with E-state index in [0.717, 1.165) is 31.9 Å². The lowest BCUT2D eigenvalue weighted by Gasteiger charge is -2.39. The first-order valence-electron chi connectivity index (χ1n) is 7.34. The van der Waals surface area contributed by atoms with Gasteiger partial charge in [-0.25, -0.2) is 0 Å². The number of anilines is 1. The number of nitrogens with one attached hydrogen (secondary N) is 1. The summed E-state index contributed by atoms with van der Waals surface area (Å²) in [6.45, 7) is 14.2. The molecule has 0 unspecified atom stereocenters. The zero-order valence-corrected chi connectivity index (χ0v) is 13.4. The predicted molar refractivity (Wildman–Crippen MR) is 83.1 cm³/mol. The second-order valence-electron chi connectivity index (χ2n) is 7.14. The van der Waals surface area contributed by atoms with Crippen LogP contribution in [0.1, 0.15) is 40.3 Å². The van der Waals surface area contributed by atoms with Crippen LogP contribution in [-0.4, -0.2) is 35.8 Å². The van der Waals surface area contributed by atoms with Crippen LogP contribution < -0.4 is 10.2 Å². The highest BCUT2D eigenvalue weighted by atomic mass is 16.5. The Balaban J connectivity index is 2.05. The molecule has 0 aliphatic carbocycles. The van der Waals surface area contributed by atoms with Crippen LogP contribution in [-0.2, 0) is 11.3 Å². The number of ether oxygens (including phenoxy) is 1. The van der Waals surface area contributed by atoms with Gasteiger partial charge in [0.25, 0.3) is 0 Å². The molecule has 4 nitrogen and oxygen atoms in total.